The van der Waals surface area contributed by atoms with Crippen molar-refractivity contribution >= 4 is 39.4 Å². The number of nitrogens with one attached hydrogen (secondary N) is 3. The molecule has 1 fully saturated rings. The van der Waals surface area contributed by atoms with E-state index in [4.69, 9.17) is 0 Å². The highest BCUT2D eigenvalue weighted by Gasteiger charge is 2.17. The largest absolute Gasteiger partial charge is 0.357 e. The summed E-state index contributed by atoms with van der Waals surface area (Å²) in [5.41, 5.74) is 0.759. The zero-order valence-electron chi connectivity index (χ0n) is 15.1. The maximum atomic E-state index is 12.1. The van der Waals surface area contributed by atoms with Crippen LogP contribution in [0.3, 0.4) is 0 Å². The molecule has 0 saturated carbocycles. The maximum absolute atomic E-state index is 12.1. The predicted octanol–water partition coefficient (Wildman–Crippen LogP) is 1.96. The van der Waals surface area contributed by atoms with Gasteiger partial charge in [-0.3, -0.25) is 9.59 Å². The van der Waals surface area contributed by atoms with Crippen molar-refractivity contribution in [2.24, 2.45) is 4.99 Å². The Morgan fingerprint density at radius 2 is 1.85 bits per heavy atom. The quantitative estimate of drug-likeness (QED) is 0.462. The van der Waals surface area contributed by atoms with Crippen LogP contribution in [0.2, 0.25) is 0 Å². The van der Waals surface area contributed by atoms with E-state index >= 15 is 0 Å². The topological polar surface area (TPSA) is 85.8 Å². The third kappa shape index (κ3) is 7.03. The Hall–Kier alpha value is -2.09. The van der Waals surface area contributed by atoms with Crippen LogP contribution in [0.5, 0.6) is 0 Å². The van der Waals surface area contributed by atoms with E-state index in [2.05, 4.69) is 36.9 Å². The molecule has 1 aliphatic rings. The van der Waals surface area contributed by atoms with Crippen LogP contribution in [0.15, 0.2) is 33.7 Å². The molecule has 0 atom stereocenters. The van der Waals surface area contributed by atoms with E-state index in [0.29, 0.717) is 25.5 Å². The van der Waals surface area contributed by atoms with Gasteiger partial charge >= 0.3 is 0 Å². The molecule has 0 spiro atoms. The summed E-state index contributed by atoms with van der Waals surface area (Å²) in [4.78, 5) is 30.2. The lowest BCUT2D eigenvalue weighted by atomic mass is 10.3. The second kappa shape index (κ2) is 10.8. The number of likely N-dealkylation sites (tertiary alicyclic amines) is 1. The summed E-state index contributed by atoms with van der Waals surface area (Å²) in [6.07, 6.45) is 2.45. The molecule has 0 aliphatic carbocycles. The molecule has 1 aromatic rings. The molecule has 26 heavy (non-hydrogen) atoms. The number of halogens is 1. The van der Waals surface area contributed by atoms with E-state index in [1.165, 1.54) is 0 Å². The Labute approximate surface area is 162 Å². The van der Waals surface area contributed by atoms with E-state index in [0.717, 1.165) is 36.1 Å². The molecule has 0 unspecified atom stereocenters. The number of hydrogen-bond acceptors (Lipinski definition) is 3. The minimum atomic E-state index is -0.0798. The van der Waals surface area contributed by atoms with E-state index < -0.39 is 0 Å². The Bertz CT molecular complexity index is 627. The van der Waals surface area contributed by atoms with Crippen molar-refractivity contribution in [3.63, 3.8) is 0 Å². The van der Waals surface area contributed by atoms with Crippen molar-refractivity contribution in [2.45, 2.75) is 26.2 Å². The summed E-state index contributed by atoms with van der Waals surface area (Å²) < 4.78 is 0.965. The standard InChI is InChI=1S/C18H26BrN5O2/c1-2-20-18(22-13-17(26)24-11-3-4-12-24)21-10-9-16(25)23-15-7-5-14(19)6-8-15/h5-8H,2-4,9-13H2,1H3,(H,23,25)(H2,20,21,22). The lowest BCUT2D eigenvalue weighted by Gasteiger charge is -2.15. The van der Waals surface area contributed by atoms with Crippen molar-refractivity contribution in [1.82, 2.24) is 15.5 Å². The van der Waals surface area contributed by atoms with E-state index in [9.17, 15) is 9.59 Å². The zero-order valence-corrected chi connectivity index (χ0v) is 16.6. The molecular formula is C18H26BrN5O2. The van der Waals surface area contributed by atoms with Gasteiger partial charge in [0.1, 0.15) is 6.54 Å². The average Bonchev–Trinajstić information content (AvgIpc) is 3.16. The first kappa shape index (κ1) is 20.2. The van der Waals surface area contributed by atoms with Crippen molar-refractivity contribution in [1.29, 1.82) is 0 Å². The van der Waals surface area contributed by atoms with Crippen LogP contribution in [0, 0.1) is 0 Å². The molecule has 0 radical (unpaired) electrons. The molecule has 7 nitrogen and oxygen atoms in total. The summed E-state index contributed by atoms with van der Waals surface area (Å²) in [6.45, 7) is 4.87. The van der Waals surface area contributed by atoms with Crippen LogP contribution in [0.4, 0.5) is 5.69 Å². The number of nitrogens with zero attached hydrogens (tertiary/aromatic N) is 2. The molecule has 1 saturated heterocycles. The van der Waals surface area contributed by atoms with Gasteiger partial charge in [-0.25, -0.2) is 4.99 Å². The van der Waals surface area contributed by atoms with Gasteiger partial charge in [0.15, 0.2) is 5.96 Å². The summed E-state index contributed by atoms with van der Waals surface area (Å²) >= 11 is 3.36. The molecule has 1 aromatic carbocycles. The fraction of sp³-hybridized carbons (Fsp3) is 0.500. The summed E-state index contributed by atoms with van der Waals surface area (Å²) in [6, 6.07) is 7.43. The lowest BCUT2D eigenvalue weighted by Crippen LogP contribution is -2.40. The Balaban J connectivity index is 1.74. The molecule has 0 bridgehead atoms. The van der Waals surface area contributed by atoms with Crippen LogP contribution in [0.25, 0.3) is 0 Å². The highest BCUT2D eigenvalue weighted by Crippen LogP contribution is 2.14. The van der Waals surface area contributed by atoms with Gasteiger partial charge in [-0.05, 0) is 44.0 Å². The number of rotatable bonds is 7. The number of carbonyl (C=O) groups excluding carboxylic acids is 2. The molecule has 1 heterocycles. The molecule has 0 aromatic heterocycles. The van der Waals surface area contributed by atoms with Gasteiger partial charge in [0.25, 0.3) is 0 Å². The summed E-state index contributed by atoms with van der Waals surface area (Å²) in [5, 5.41) is 9.02. The molecule has 8 heteroatoms. The minimum absolute atomic E-state index is 0.0488. The van der Waals surface area contributed by atoms with Gasteiger partial charge in [0.05, 0.1) is 0 Å². The lowest BCUT2D eigenvalue weighted by molar-refractivity contribution is -0.128. The monoisotopic (exact) mass is 423 g/mol. The fourth-order valence-corrected chi connectivity index (χ4v) is 2.87. The first-order valence-electron chi connectivity index (χ1n) is 8.94. The van der Waals surface area contributed by atoms with Gasteiger partial charge in [-0.1, -0.05) is 15.9 Å². The third-order valence-corrected chi connectivity index (χ3v) is 4.48. The smallest absolute Gasteiger partial charge is 0.244 e. The highest BCUT2D eigenvalue weighted by molar-refractivity contribution is 9.10. The number of guanidine groups is 1. The summed E-state index contributed by atoms with van der Waals surface area (Å²) in [5.74, 6) is 0.521. The fourth-order valence-electron chi connectivity index (χ4n) is 2.61. The van der Waals surface area contributed by atoms with Gasteiger partial charge in [-0.15, -0.1) is 0 Å². The average molecular weight is 424 g/mol. The van der Waals surface area contributed by atoms with Gasteiger partial charge < -0.3 is 20.9 Å². The van der Waals surface area contributed by atoms with Gasteiger partial charge in [0, 0.05) is 42.8 Å². The normalized spacial score (nSPS) is 14.2. The van der Waals surface area contributed by atoms with E-state index in [1.807, 2.05) is 36.1 Å². The van der Waals surface area contributed by atoms with Crippen molar-refractivity contribution < 1.29 is 9.59 Å². The number of hydrogen-bond donors (Lipinski definition) is 3. The van der Waals surface area contributed by atoms with Crippen LogP contribution in [0.1, 0.15) is 26.2 Å². The number of benzene rings is 1. The van der Waals surface area contributed by atoms with Crippen molar-refractivity contribution in [2.75, 3.05) is 38.0 Å². The number of anilines is 1. The second-order valence-corrected chi connectivity index (χ2v) is 6.93. The number of aliphatic imine (C=N–C) groups is 1. The zero-order chi connectivity index (χ0) is 18.8. The minimum Gasteiger partial charge on any atom is -0.357 e. The van der Waals surface area contributed by atoms with Crippen molar-refractivity contribution in [3.05, 3.63) is 28.7 Å². The van der Waals surface area contributed by atoms with E-state index in [-0.39, 0.29) is 18.4 Å². The predicted molar refractivity (Wildman–Crippen MR) is 107 cm³/mol. The molecule has 2 rings (SSSR count). The second-order valence-electron chi connectivity index (χ2n) is 6.01. The molecule has 3 N–H and O–H groups in total. The van der Waals surface area contributed by atoms with Gasteiger partial charge in [0.2, 0.25) is 11.8 Å². The third-order valence-electron chi connectivity index (χ3n) is 3.95. The summed E-state index contributed by atoms with van der Waals surface area (Å²) in [7, 11) is 0. The maximum Gasteiger partial charge on any atom is 0.244 e. The SMILES string of the molecule is CCNC(=NCC(=O)N1CCCC1)NCCC(=O)Nc1ccc(Br)cc1. The Morgan fingerprint density at radius 1 is 1.15 bits per heavy atom. The first-order chi connectivity index (χ1) is 12.6. The van der Waals surface area contributed by atoms with Crippen LogP contribution >= 0.6 is 15.9 Å². The Kier molecular flexibility index (Phi) is 8.40. The molecule has 142 valence electrons. The highest BCUT2D eigenvalue weighted by atomic mass is 79.9. The molecule has 1 aliphatic heterocycles. The molecule has 2 amide bonds. The van der Waals surface area contributed by atoms with E-state index in [1.54, 1.807) is 0 Å². The number of amides is 2. The van der Waals surface area contributed by atoms with Crippen LogP contribution in [-0.4, -0.2) is 55.4 Å². The first-order valence-corrected chi connectivity index (χ1v) is 9.73. The van der Waals surface area contributed by atoms with Gasteiger partial charge in [-0.2, -0.15) is 0 Å². The number of carbonyl (C=O) groups is 2. The van der Waals surface area contributed by atoms with Crippen LogP contribution in [-0.2, 0) is 9.59 Å². The van der Waals surface area contributed by atoms with Crippen LogP contribution < -0.4 is 16.0 Å². The Morgan fingerprint density at radius 3 is 2.50 bits per heavy atom. The molecular weight excluding hydrogens is 398 g/mol. The van der Waals surface area contributed by atoms with Crippen molar-refractivity contribution in [3.8, 4) is 0 Å².